The van der Waals surface area contributed by atoms with Crippen molar-refractivity contribution < 1.29 is 0 Å². The quantitative estimate of drug-likeness (QED) is 0.683. The van der Waals surface area contributed by atoms with Gasteiger partial charge in [-0.25, -0.2) is 9.97 Å². The number of anilines is 1. The number of rotatable bonds is 6. The molecule has 4 nitrogen and oxygen atoms in total. The molecule has 0 saturated carbocycles. The highest BCUT2D eigenvalue weighted by Gasteiger charge is 2.14. The van der Waals surface area contributed by atoms with Crippen molar-refractivity contribution >= 4 is 27.8 Å². The first-order valence-electron chi connectivity index (χ1n) is 8.18. The lowest BCUT2D eigenvalue weighted by Gasteiger charge is -2.11. The van der Waals surface area contributed by atoms with Crippen LogP contribution in [-0.2, 0) is 6.54 Å². The highest BCUT2D eigenvalue weighted by atomic mass is 15.1. The van der Waals surface area contributed by atoms with Gasteiger partial charge in [0.1, 0.15) is 5.52 Å². The summed E-state index contributed by atoms with van der Waals surface area (Å²) in [5.74, 6) is 1.49. The zero-order valence-electron chi connectivity index (χ0n) is 13.6. The molecule has 0 atom stereocenters. The monoisotopic (exact) mass is 296 g/mol. The van der Waals surface area contributed by atoms with Gasteiger partial charge in [0.25, 0.3) is 0 Å². The molecule has 3 rings (SSSR count). The Bertz CT molecular complexity index is 773. The van der Waals surface area contributed by atoms with Crippen LogP contribution in [0.25, 0.3) is 21.9 Å². The number of hydrogen-bond acceptors (Lipinski definition) is 3. The second-order valence-electron chi connectivity index (χ2n) is 6.25. The smallest absolute Gasteiger partial charge is 0.154 e. The standard InChI is InChI=1S/C18H24N4/c1-4-5-10-19-18-16-17(22(12-20-16)11-13(2)3)14-8-6-7-9-15(14)21-18/h6-9,12-13H,4-5,10-11H2,1-3H3,(H,19,21). The molecule has 2 heterocycles. The Morgan fingerprint density at radius 1 is 1.23 bits per heavy atom. The molecule has 116 valence electrons. The van der Waals surface area contributed by atoms with Crippen LogP contribution in [0.4, 0.5) is 5.82 Å². The molecule has 1 N–H and O–H groups in total. The van der Waals surface area contributed by atoms with Gasteiger partial charge in [0.15, 0.2) is 5.82 Å². The molecule has 0 unspecified atom stereocenters. The average Bonchev–Trinajstić information content (AvgIpc) is 2.91. The summed E-state index contributed by atoms with van der Waals surface area (Å²) in [4.78, 5) is 9.42. The Balaban J connectivity index is 2.16. The summed E-state index contributed by atoms with van der Waals surface area (Å²) in [5.41, 5.74) is 3.20. The maximum absolute atomic E-state index is 4.78. The Morgan fingerprint density at radius 3 is 2.82 bits per heavy atom. The molecule has 0 radical (unpaired) electrons. The van der Waals surface area contributed by atoms with Gasteiger partial charge in [-0.3, -0.25) is 0 Å². The Morgan fingerprint density at radius 2 is 2.05 bits per heavy atom. The van der Waals surface area contributed by atoms with Crippen molar-refractivity contribution in [2.45, 2.75) is 40.2 Å². The Hall–Kier alpha value is -2.10. The van der Waals surface area contributed by atoms with Crippen LogP contribution in [0.15, 0.2) is 30.6 Å². The fraction of sp³-hybridized carbons (Fsp3) is 0.444. The molecular formula is C18H24N4. The number of unbranched alkanes of at least 4 members (excludes halogenated alkanes) is 1. The van der Waals surface area contributed by atoms with Crippen LogP contribution < -0.4 is 5.32 Å². The Labute approximate surface area is 131 Å². The highest BCUT2D eigenvalue weighted by molar-refractivity contribution is 6.06. The molecule has 0 amide bonds. The third-order valence-corrected chi connectivity index (χ3v) is 3.84. The van der Waals surface area contributed by atoms with Crippen molar-refractivity contribution in [3.05, 3.63) is 30.6 Å². The van der Waals surface area contributed by atoms with E-state index in [1.807, 2.05) is 12.4 Å². The summed E-state index contributed by atoms with van der Waals surface area (Å²) in [7, 11) is 0. The summed E-state index contributed by atoms with van der Waals surface area (Å²) in [6.07, 6.45) is 4.26. The summed E-state index contributed by atoms with van der Waals surface area (Å²) in [5, 5.41) is 4.64. The molecular weight excluding hydrogens is 272 g/mol. The minimum absolute atomic E-state index is 0.584. The lowest BCUT2D eigenvalue weighted by molar-refractivity contribution is 0.533. The number of nitrogens with zero attached hydrogens (tertiary/aromatic N) is 3. The topological polar surface area (TPSA) is 42.7 Å². The van der Waals surface area contributed by atoms with Crippen LogP contribution in [0.2, 0.25) is 0 Å². The maximum atomic E-state index is 4.78. The van der Waals surface area contributed by atoms with E-state index in [-0.39, 0.29) is 0 Å². The summed E-state index contributed by atoms with van der Waals surface area (Å²) < 4.78 is 2.26. The SMILES string of the molecule is CCCCNc1nc2ccccc2c2c1ncn2CC(C)C. The molecule has 0 aliphatic heterocycles. The van der Waals surface area contributed by atoms with Gasteiger partial charge in [-0.1, -0.05) is 45.4 Å². The predicted molar refractivity (Wildman–Crippen MR) is 93.3 cm³/mol. The fourth-order valence-corrected chi connectivity index (χ4v) is 2.82. The molecule has 0 fully saturated rings. The van der Waals surface area contributed by atoms with E-state index >= 15 is 0 Å². The molecule has 22 heavy (non-hydrogen) atoms. The van der Waals surface area contributed by atoms with Crippen LogP contribution in [0.1, 0.15) is 33.6 Å². The van der Waals surface area contributed by atoms with Crippen molar-refractivity contribution in [3.8, 4) is 0 Å². The van der Waals surface area contributed by atoms with Crippen molar-refractivity contribution in [3.63, 3.8) is 0 Å². The maximum Gasteiger partial charge on any atom is 0.154 e. The predicted octanol–water partition coefficient (Wildman–Crippen LogP) is 4.45. The van der Waals surface area contributed by atoms with Crippen LogP contribution in [0, 0.1) is 5.92 Å². The first kappa shape index (κ1) is 14.8. The first-order valence-corrected chi connectivity index (χ1v) is 8.18. The third-order valence-electron chi connectivity index (χ3n) is 3.84. The molecule has 3 aromatic rings. The van der Waals surface area contributed by atoms with Gasteiger partial charge in [0.05, 0.1) is 17.4 Å². The second kappa shape index (κ2) is 6.34. The third kappa shape index (κ3) is 2.78. The molecule has 0 bridgehead atoms. The number of pyridine rings is 1. The van der Waals surface area contributed by atoms with Gasteiger partial charge >= 0.3 is 0 Å². The Kier molecular flexibility index (Phi) is 4.27. The van der Waals surface area contributed by atoms with Gasteiger partial charge in [-0.15, -0.1) is 0 Å². The van der Waals surface area contributed by atoms with Gasteiger partial charge < -0.3 is 9.88 Å². The average molecular weight is 296 g/mol. The number of para-hydroxylation sites is 1. The molecule has 0 spiro atoms. The van der Waals surface area contributed by atoms with Gasteiger partial charge in [-0.2, -0.15) is 0 Å². The number of hydrogen-bond donors (Lipinski definition) is 1. The minimum atomic E-state index is 0.584. The highest BCUT2D eigenvalue weighted by Crippen LogP contribution is 2.29. The van der Waals surface area contributed by atoms with Gasteiger partial charge in [0, 0.05) is 18.5 Å². The number of benzene rings is 1. The number of nitrogens with one attached hydrogen (secondary N) is 1. The summed E-state index contributed by atoms with van der Waals surface area (Å²) >= 11 is 0. The van der Waals surface area contributed by atoms with Gasteiger partial charge in [0.2, 0.25) is 0 Å². The van der Waals surface area contributed by atoms with Crippen molar-refractivity contribution in [2.24, 2.45) is 5.92 Å². The van der Waals surface area contributed by atoms with E-state index in [1.54, 1.807) is 0 Å². The molecule has 0 aliphatic rings. The molecule has 1 aromatic carbocycles. The van der Waals surface area contributed by atoms with Crippen molar-refractivity contribution in [1.82, 2.24) is 14.5 Å². The van der Waals surface area contributed by atoms with Crippen LogP contribution in [0.5, 0.6) is 0 Å². The number of imidazole rings is 1. The van der Waals surface area contributed by atoms with E-state index in [4.69, 9.17) is 4.98 Å². The van der Waals surface area contributed by atoms with E-state index in [1.165, 1.54) is 17.3 Å². The molecule has 0 aliphatic carbocycles. The zero-order chi connectivity index (χ0) is 15.5. The number of fused-ring (bicyclic) bond motifs is 3. The lowest BCUT2D eigenvalue weighted by atomic mass is 10.1. The van der Waals surface area contributed by atoms with Crippen LogP contribution >= 0.6 is 0 Å². The van der Waals surface area contributed by atoms with E-state index in [9.17, 15) is 0 Å². The van der Waals surface area contributed by atoms with E-state index in [0.29, 0.717) is 5.92 Å². The van der Waals surface area contributed by atoms with Crippen molar-refractivity contribution in [1.29, 1.82) is 0 Å². The first-order chi connectivity index (χ1) is 10.7. The normalized spacial score (nSPS) is 11.6. The van der Waals surface area contributed by atoms with E-state index in [0.717, 1.165) is 36.4 Å². The second-order valence-corrected chi connectivity index (χ2v) is 6.25. The molecule has 2 aromatic heterocycles. The van der Waals surface area contributed by atoms with E-state index in [2.05, 4.69) is 53.8 Å². The summed E-state index contributed by atoms with van der Waals surface area (Å²) in [6.45, 7) is 8.57. The molecule has 0 saturated heterocycles. The van der Waals surface area contributed by atoms with Crippen LogP contribution in [-0.4, -0.2) is 21.1 Å². The van der Waals surface area contributed by atoms with E-state index < -0.39 is 0 Å². The summed E-state index contributed by atoms with van der Waals surface area (Å²) in [6, 6.07) is 8.33. The largest absolute Gasteiger partial charge is 0.368 e. The minimum Gasteiger partial charge on any atom is -0.368 e. The lowest BCUT2D eigenvalue weighted by Crippen LogP contribution is -2.06. The number of aromatic nitrogens is 3. The van der Waals surface area contributed by atoms with Gasteiger partial charge in [-0.05, 0) is 18.4 Å². The van der Waals surface area contributed by atoms with Crippen LogP contribution in [0.3, 0.4) is 0 Å². The molecule has 4 heteroatoms. The zero-order valence-corrected chi connectivity index (χ0v) is 13.6. The fourth-order valence-electron chi connectivity index (χ4n) is 2.82. The van der Waals surface area contributed by atoms with Crippen molar-refractivity contribution in [2.75, 3.05) is 11.9 Å².